The van der Waals surface area contributed by atoms with Gasteiger partial charge in [-0.25, -0.2) is 8.78 Å². The van der Waals surface area contributed by atoms with Gasteiger partial charge in [0.15, 0.2) is 0 Å². The Bertz CT molecular complexity index is 955. The van der Waals surface area contributed by atoms with Gasteiger partial charge in [-0.1, -0.05) is 50.2 Å². The molecule has 4 rings (SSSR count). The van der Waals surface area contributed by atoms with Crippen molar-refractivity contribution in [3.05, 3.63) is 70.8 Å². The van der Waals surface area contributed by atoms with Gasteiger partial charge in [-0.2, -0.15) is 0 Å². The molecule has 0 radical (unpaired) electrons. The third kappa shape index (κ3) is 5.64. The van der Waals surface area contributed by atoms with Crippen LogP contribution >= 0.6 is 0 Å². The summed E-state index contributed by atoms with van der Waals surface area (Å²) in [5.41, 5.74) is 7.29. The molecule has 33 heavy (non-hydrogen) atoms. The van der Waals surface area contributed by atoms with Crippen molar-refractivity contribution in [3.8, 4) is 5.75 Å². The summed E-state index contributed by atoms with van der Waals surface area (Å²) in [5.74, 6) is 1.42. The van der Waals surface area contributed by atoms with Crippen molar-refractivity contribution in [2.24, 2.45) is 5.92 Å². The molecular formula is C28H36F2N2O. The third-order valence-corrected chi connectivity index (χ3v) is 6.70. The van der Waals surface area contributed by atoms with E-state index in [0.29, 0.717) is 31.7 Å². The lowest BCUT2D eigenvalue weighted by Crippen LogP contribution is -2.42. The molecule has 0 spiro atoms. The zero-order chi connectivity index (χ0) is 23.4. The monoisotopic (exact) mass is 454 g/mol. The van der Waals surface area contributed by atoms with Crippen molar-refractivity contribution in [1.82, 2.24) is 10.2 Å². The Morgan fingerprint density at radius 3 is 2.55 bits per heavy atom. The molecule has 2 aromatic carbocycles. The fourth-order valence-corrected chi connectivity index (χ4v) is 5.25. The molecule has 2 aromatic rings. The van der Waals surface area contributed by atoms with Crippen molar-refractivity contribution in [3.63, 3.8) is 0 Å². The zero-order valence-electron chi connectivity index (χ0n) is 20.0. The van der Waals surface area contributed by atoms with E-state index in [2.05, 4.69) is 67.4 Å². The van der Waals surface area contributed by atoms with Gasteiger partial charge in [0.25, 0.3) is 0 Å². The number of nitrogens with zero attached hydrogens (tertiary/aromatic N) is 1. The Balaban J connectivity index is 1.49. The number of ether oxygens (including phenoxy) is 1. The van der Waals surface area contributed by atoms with Gasteiger partial charge in [0.2, 0.25) is 6.43 Å². The molecule has 1 aliphatic carbocycles. The zero-order valence-corrected chi connectivity index (χ0v) is 20.0. The summed E-state index contributed by atoms with van der Waals surface area (Å²) in [4.78, 5) is 2.68. The molecule has 0 bridgehead atoms. The second-order valence-corrected chi connectivity index (χ2v) is 9.73. The molecule has 0 fully saturated rings. The Hall–Kier alpha value is -2.24. The lowest BCUT2D eigenvalue weighted by Gasteiger charge is -2.43. The van der Waals surface area contributed by atoms with Gasteiger partial charge < -0.3 is 10.1 Å². The van der Waals surface area contributed by atoms with E-state index in [1.165, 1.54) is 16.7 Å². The number of rotatable bonds is 10. The van der Waals surface area contributed by atoms with Gasteiger partial charge in [-0.3, -0.25) is 4.90 Å². The molecule has 2 atom stereocenters. The van der Waals surface area contributed by atoms with Crippen LogP contribution in [0.25, 0.3) is 5.57 Å². The first-order chi connectivity index (χ1) is 15.9. The lowest BCUT2D eigenvalue weighted by molar-refractivity contribution is 0.136. The molecule has 1 N–H and O–H groups in total. The van der Waals surface area contributed by atoms with E-state index in [0.717, 1.165) is 25.1 Å². The molecule has 5 heteroatoms. The van der Waals surface area contributed by atoms with Crippen LogP contribution in [0.1, 0.15) is 56.3 Å². The van der Waals surface area contributed by atoms with Crippen LogP contribution in [-0.4, -0.2) is 43.6 Å². The highest BCUT2D eigenvalue weighted by Gasteiger charge is 2.38. The number of hydrogen-bond acceptors (Lipinski definition) is 3. The Morgan fingerprint density at radius 1 is 1.06 bits per heavy atom. The van der Waals surface area contributed by atoms with Crippen molar-refractivity contribution < 1.29 is 13.5 Å². The predicted octanol–water partition coefficient (Wildman–Crippen LogP) is 6.11. The van der Waals surface area contributed by atoms with Crippen LogP contribution in [0.15, 0.2) is 54.1 Å². The minimum atomic E-state index is -2.26. The summed E-state index contributed by atoms with van der Waals surface area (Å²) in [5, 5.41) is 3.00. The van der Waals surface area contributed by atoms with E-state index in [4.69, 9.17) is 4.74 Å². The fraction of sp³-hybridized carbons (Fsp3) is 0.500. The molecule has 1 heterocycles. The average molecular weight is 455 g/mol. The van der Waals surface area contributed by atoms with Crippen LogP contribution in [0, 0.1) is 5.92 Å². The standard InChI is InChI=1S/C28H36F2N2O/c1-19(2)18-32-20(3)16-25-24-7-5-4-6-22(24)17-26(25)28(32)21-8-10-23(11-9-21)33-15-14-31-13-12-27(29)30/h4-11,19-20,27-28,31H,12-18H2,1-3H3/t20-,28-/m1/s1. The van der Waals surface area contributed by atoms with Crippen LogP contribution < -0.4 is 10.1 Å². The Kier molecular flexibility index (Phi) is 7.82. The number of hydrogen-bond donors (Lipinski definition) is 1. The number of alkyl halides is 2. The van der Waals surface area contributed by atoms with Crippen LogP contribution in [0.4, 0.5) is 8.78 Å². The van der Waals surface area contributed by atoms with Gasteiger partial charge in [0, 0.05) is 32.1 Å². The quantitative estimate of drug-likeness (QED) is 0.438. The summed E-state index contributed by atoms with van der Waals surface area (Å²) in [6.07, 6.45) is -0.245. The average Bonchev–Trinajstić information content (AvgIpc) is 3.15. The molecule has 0 saturated heterocycles. The summed E-state index contributed by atoms with van der Waals surface area (Å²) in [6.45, 7) is 9.36. The lowest BCUT2D eigenvalue weighted by atomic mass is 9.84. The van der Waals surface area contributed by atoms with Crippen molar-refractivity contribution in [1.29, 1.82) is 0 Å². The smallest absolute Gasteiger partial charge is 0.239 e. The van der Waals surface area contributed by atoms with Crippen LogP contribution in [-0.2, 0) is 6.42 Å². The summed E-state index contributed by atoms with van der Waals surface area (Å²) in [7, 11) is 0. The van der Waals surface area contributed by atoms with Crippen molar-refractivity contribution >= 4 is 5.57 Å². The minimum Gasteiger partial charge on any atom is -0.492 e. The molecule has 0 unspecified atom stereocenters. The molecule has 0 aromatic heterocycles. The molecule has 0 saturated carbocycles. The van der Waals surface area contributed by atoms with Gasteiger partial charge >= 0.3 is 0 Å². The molecule has 0 amide bonds. The molecule has 2 aliphatic rings. The molecule has 178 valence electrons. The third-order valence-electron chi connectivity index (χ3n) is 6.70. The first-order valence-electron chi connectivity index (χ1n) is 12.2. The van der Waals surface area contributed by atoms with E-state index >= 15 is 0 Å². The minimum absolute atomic E-state index is 0.122. The van der Waals surface area contributed by atoms with Gasteiger partial charge in [0.05, 0.1) is 6.04 Å². The largest absolute Gasteiger partial charge is 0.492 e. The number of halogens is 2. The topological polar surface area (TPSA) is 24.5 Å². The van der Waals surface area contributed by atoms with Crippen LogP contribution in [0.3, 0.4) is 0 Å². The summed E-state index contributed by atoms with van der Waals surface area (Å²) in [6, 6.07) is 18.1. The maximum absolute atomic E-state index is 12.2. The maximum atomic E-state index is 12.2. The summed E-state index contributed by atoms with van der Waals surface area (Å²) < 4.78 is 30.2. The molecular weight excluding hydrogens is 418 g/mol. The Labute approximate surface area is 196 Å². The SMILES string of the molecule is CC(C)CN1[C@H](C)CC2=C(Cc3ccccc32)[C@H]1c1ccc(OCCNCCC(F)F)cc1. The number of fused-ring (bicyclic) bond motifs is 2. The molecule has 3 nitrogen and oxygen atoms in total. The number of benzene rings is 2. The normalized spacial score (nSPS) is 20.5. The van der Waals surface area contributed by atoms with E-state index in [1.807, 2.05) is 12.1 Å². The van der Waals surface area contributed by atoms with Gasteiger partial charge in [0.1, 0.15) is 12.4 Å². The van der Waals surface area contributed by atoms with Gasteiger partial charge in [-0.15, -0.1) is 0 Å². The van der Waals surface area contributed by atoms with Gasteiger partial charge in [-0.05, 0) is 65.7 Å². The maximum Gasteiger partial charge on any atom is 0.239 e. The van der Waals surface area contributed by atoms with E-state index in [1.54, 1.807) is 11.1 Å². The first kappa shape index (κ1) is 23.9. The van der Waals surface area contributed by atoms with Crippen LogP contribution in [0.5, 0.6) is 5.75 Å². The first-order valence-corrected chi connectivity index (χ1v) is 12.2. The predicted molar refractivity (Wildman–Crippen MR) is 131 cm³/mol. The number of nitrogens with one attached hydrogen (secondary N) is 1. The van der Waals surface area contributed by atoms with E-state index < -0.39 is 6.43 Å². The van der Waals surface area contributed by atoms with Crippen LogP contribution in [0.2, 0.25) is 0 Å². The second kappa shape index (κ2) is 10.8. The second-order valence-electron chi connectivity index (χ2n) is 9.73. The fourth-order valence-electron chi connectivity index (χ4n) is 5.25. The Morgan fingerprint density at radius 2 is 1.82 bits per heavy atom. The molecule has 1 aliphatic heterocycles. The highest BCUT2D eigenvalue weighted by atomic mass is 19.3. The summed E-state index contributed by atoms with van der Waals surface area (Å²) >= 11 is 0. The van der Waals surface area contributed by atoms with E-state index in [-0.39, 0.29) is 12.5 Å². The van der Waals surface area contributed by atoms with Crippen molar-refractivity contribution in [2.75, 3.05) is 26.2 Å². The highest BCUT2D eigenvalue weighted by molar-refractivity contribution is 5.78. The highest BCUT2D eigenvalue weighted by Crippen LogP contribution is 2.48. The van der Waals surface area contributed by atoms with Crippen molar-refractivity contribution in [2.45, 2.75) is 58.5 Å². The van der Waals surface area contributed by atoms with E-state index in [9.17, 15) is 8.78 Å².